The number of H-pyrrole nitrogens is 1. The zero-order chi connectivity index (χ0) is 18.5. The van der Waals surface area contributed by atoms with E-state index in [1.54, 1.807) is 27.3 Å². The van der Waals surface area contributed by atoms with Crippen LogP contribution in [-0.2, 0) is 20.8 Å². The summed E-state index contributed by atoms with van der Waals surface area (Å²) in [6.45, 7) is 3.19. The van der Waals surface area contributed by atoms with Crippen LogP contribution in [0.2, 0.25) is 0 Å². The molecule has 0 atom stereocenters. The molecule has 3 aromatic rings. The monoisotopic (exact) mass is 358 g/mol. The Balaban J connectivity index is 2.23. The van der Waals surface area contributed by atoms with Gasteiger partial charge in [0, 0.05) is 30.6 Å². The first-order valence-electron chi connectivity index (χ1n) is 8.41. The first-order chi connectivity index (χ1) is 12.7. The molecule has 0 saturated carbocycles. The quantitative estimate of drug-likeness (QED) is 0.492. The molecule has 138 valence electrons. The highest BCUT2D eigenvalue weighted by atomic mass is 16.5. The summed E-state index contributed by atoms with van der Waals surface area (Å²) in [6, 6.07) is 5.76. The number of pyridine rings is 1. The molecular formula is C19H22N2O5. The van der Waals surface area contributed by atoms with E-state index in [0.29, 0.717) is 24.5 Å². The Labute approximate surface area is 151 Å². The molecule has 0 bridgehead atoms. The van der Waals surface area contributed by atoms with E-state index in [9.17, 15) is 4.79 Å². The number of benzene rings is 1. The summed E-state index contributed by atoms with van der Waals surface area (Å²) in [7, 11) is 3.21. The molecule has 2 heterocycles. The number of hydrogen-bond donors (Lipinski definition) is 1. The van der Waals surface area contributed by atoms with Crippen LogP contribution in [0.3, 0.4) is 0 Å². The van der Waals surface area contributed by atoms with Crippen molar-refractivity contribution in [2.24, 2.45) is 0 Å². The number of fused-ring (bicyclic) bond motifs is 3. The van der Waals surface area contributed by atoms with Crippen LogP contribution >= 0.6 is 0 Å². The maximum atomic E-state index is 12.3. The molecule has 0 amide bonds. The molecule has 0 aliphatic rings. The third kappa shape index (κ3) is 3.36. The Morgan fingerprint density at radius 1 is 1.12 bits per heavy atom. The summed E-state index contributed by atoms with van der Waals surface area (Å²) in [4.78, 5) is 20.0. The highest BCUT2D eigenvalue weighted by Gasteiger charge is 2.21. The molecule has 0 fully saturated rings. The molecule has 0 aliphatic carbocycles. The predicted molar refractivity (Wildman–Crippen MR) is 97.6 cm³/mol. The predicted octanol–water partition coefficient (Wildman–Crippen LogP) is 3.06. The van der Waals surface area contributed by atoms with Crippen LogP contribution < -0.4 is 4.74 Å². The van der Waals surface area contributed by atoms with E-state index in [4.69, 9.17) is 18.9 Å². The van der Waals surface area contributed by atoms with Crippen molar-refractivity contribution < 1.29 is 23.7 Å². The van der Waals surface area contributed by atoms with Gasteiger partial charge in [-0.2, -0.15) is 0 Å². The van der Waals surface area contributed by atoms with Gasteiger partial charge in [0.1, 0.15) is 12.4 Å². The van der Waals surface area contributed by atoms with Crippen LogP contribution in [-0.4, -0.2) is 50.0 Å². The zero-order valence-corrected chi connectivity index (χ0v) is 15.1. The van der Waals surface area contributed by atoms with Gasteiger partial charge in [0.2, 0.25) is 0 Å². The Morgan fingerprint density at radius 3 is 2.69 bits per heavy atom. The lowest BCUT2D eigenvalue weighted by molar-refractivity contribution is 0.0514. The van der Waals surface area contributed by atoms with Crippen molar-refractivity contribution in [1.29, 1.82) is 0 Å². The van der Waals surface area contributed by atoms with Crippen molar-refractivity contribution in [2.75, 3.05) is 34.0 Å². The standard InChI is InChI=1S/C19H22N2O5/c1-4-25-19(22)18-12(11-24-3)16-14(10-20-18)21-13-6-5-7-15(17(13)16)26-9-8-23-2/h5-7,10,21H,4,8-9,11H2,1-3H3. The molecule has 26 heavy (non-hydrogen) atoms. The highest BCUT2D eigenvalue weighted by molar-refractivity contribution is 6.13. The minimum atomic E-state index is -0.464. The number of hydrogen-bond acceptors (Lipinski definition) is 6. The van der Waals surface area contributed by atoms with E-state index in [2.05, 4.69) is 9.97 Å². The van der Waals surface area contributed by atoms with E-state index < -0.39 is 5.97 Å². The normalized spacial score (nSPS) is 11.2. The minimum absolute atomic E-state index is 0.234. The molecule has 1 aromatic carbocycles. The van der Waals surface area contributed by atoms with Gasteiger partial charge in [-0.25, -0.2) is 9.78 Å². The maximum Gasteiger partial charge on any atom is 0.357 e. The lowest BCUT2D eigenvalue weighted by Gasteiger charge is -2.11. The third-order valence-corrected chi connectivity index (χ3v) is 4.03. The molecule has 0 spiro atoms. The second-order valence-corrected chi connectivity index (χ2v) is 5.67. The molecular weight excluding hydrogens is 336 g/mol. The van der Waals surface area contributed by atoms with Gasteiger partial charge in [-0.15, -0.1) is 0 Å². The SMILES string of the molecule is CCOC(=O)c1ncc2[nH]c3cccc(OCCOC)c3c2c1COC. The lowest BCUT2D eigenvalue weighted by atomic mass is 10.1. The topological polar surface area (TPSA) is 82.7 Å². The van der Waals surface area contributed by atoms with Gasteiger partial charge in [-0.1, -0.05) is 6.07 Å². The fraction of sp³-hybridized carbons (Fsp3) is 0.368. The number of rotatable bonds is 8. The zero-order valence-electron chi connectivity index (χ0n) is 15.1. The largest absolute Gasteiger partial charge is 0.490 e. The molecule has 0 radical (unpaired) electrons. The fourth-order valence-corrected chi connectivity index (χ4v) is 2.99. The molecule has 1 N–H and O–H groups in total. The summed E-state index contributed by atoms with van der Waals surface area (Å²) in [5, 5.41) is 1.74. The second kappa shape index (κ2) is 8.16. The van der Waals surface area contributed by atoms with Crippen molar-refractivity contribution in [3.63, 3.8) is 0 Å². The average molecular weight is 358 g/mol. The number of methoxy groups -OCH3 is 2. The highest BCUT2D eigenvalue weighted by Crippen LogP contribution is 2.36. The molecule has 0 saturated heterocycles. The number of esters is 1. The number of nitrogens with zero attached hydrogens (tertiary/aromatic N) is 1. The third-order valence-electron chi connectivity index (χ3n) is 4.03. The minimum Gasteiger partial charge on any atom is -0.490 e. The Bertz CT molecular complexity index is 919. The van der Waals surface area contributed by atoms with Gasteiger partial charge in [-0.05, 0) is 19.1 Å². The maximum absolute atomic E-state index is 12.3. The summed E-state index contributed by atoms with van der Waals surface area (Å²) in [5.41, 5.74) is 2.64. The van der Waals surface area contributed by atoms with Crippen molar-refractivity contribution in [2.45, 2.75) is 13.5 Å². The van der Waals surface area contributed by atoms with Crippen LogP contribution in [0.4, 0.5) is 0 Å². The number of carbonyl (C=O) groups is 1. The van der Waals surface area contributed by atoms with Gasteiger partial charge in [0.05, 0.1) is 37.1 Å². The molecule has 7 nitrogen and oxygen atoms in total. The number of nitrogens with one attached hydrogen (secondary N) is 1. The number of aromatic nitrogens is 2. The molecule has 3 rings (SSSR count). The smallest absolute Gasteiger partial charge is 0.357 e. The van der Waals surface area contributed by atoms with Gasteiger partial charge in [0.25, 0.3) is 0 Å². The number of ether oxygens (including phenoxy) is 4. The molecule has 7 heteroatoms. The van der Waals surface area contributed by atoms with Crippen LogP contribution in [0.25, 0.3) is 21.8 Å². The van der Waals surface area contributed by atoms with E-state index in [1.165, 1.54) is 0 Å². The van der Waals surface area contributed by atoms with Crippen LogP contribution in [0.5, 0.6) is 5.75 Å². The molecule has 0 aliphatic heterocycles. The van der Waals surface area contributed by atoms with E-state index in [1.807, 2.05) is 18.2 Å². The van der Waals surface area contributed by atoms with E-state index >= 15 is 0 Å². The van der Waals surface area contributed by atoms with Crippen LogP contribution in [0.15, 0.2) is 24.4 Å². The summed E-state index contributed by atoms with van der Waals surface area (Å²) in [5.74, 6) is 0.248. The van der Waals surface area contributed by atoms with Crippen molar-refractivity contribution in [1.82, 2.24) is 9.97 Å². The number of aromatic amines is 1. The van der Waals surface area contributed by atoms with Gasteiger partial charge in [0.15, 0.2) is 5.69 Å². The van der Waals surface area contributed by atoms with Crippen LogP contribution in [0, 0.1) is 0 Å². The Morgan fingerprint density at radius 2 is 1.96 bits per heavy atom. The summed E-state index contributed by atoms with van der Waals surface area (Å²) >= 11 is 0. The summed E-state index contributed by atoms with van der Waals surface area (Å²) in [6.07, 6.45) is 1.64. The van der Waals surface area contributed by atoms with Crippen molar-refractivity contribution in [3.05, 3.63) is 35.7 Å². The molecule has 0 unspecified atom stereocenters. The average Bonchev–Trinajstić information content (AvgIpc) is 3.02. The van der Waals surface area contributed by atoms with Gasteiger partial charge < -0.3 is 23.9 Å². The van der Waals surface area contributed by atoms with Gasteiger partial charge in [-0.3, -0.25) is 0 Å². The lowest BCUT2D eigenvalue weighted by Crippen LogP contribution is -2.11. The first kappa shape index (κ1) is 18.2. The van der Waals surface area contributed by atoms with Gasteiger partial charge >= 0.3 is 5.97 Å². The van der Waals surface area contributed by atoms with Crippen molar-refractivity contribution >= 4 is 27.8 Å². The van der Waals surface area contributed by atoms with Crippen molar-refractivity contribution in [3.8, 4) is 5.75 Å². The first-order valence-corrected chi connectivity index (χ1v) is 8.41. The fourth-order valence-electron chi connectivity index (χ4n) is 2.99. The number of carbonyl (C=O) groups excluding carboxylic acids is 1. The van der Waals surface area contributed by atoms with E-state index in [0.717, 1.165) is 21.8 Å². The van der Waals surface area contributed by atoms with Crippen LogP contribution in [0.1, 0.15) is 23.0 Å². The molecule has 2 aromatic heterocycles. The Hall–Kier alpha value is -2.64. The Kier molecular flexibility index (Phi) is 5.70. The second-order valence-electron chi connectivity index (χ2n) is 5.67. The van der Waals surface area contributed by atoms with E-state index in [-0.39, 0.29) is 18.9 Å². The summed E-state index contributed by atoms with van der Waals surface area (Å²) < 4.78 is 21.4.